The van der Waals surface area contributed by atoms with E-state index in [4.69, 9.17) is 1.37 Å². The van der Waals surface area contributed by atoms with Crippen molar-refractivity contribution in [1.82, 2.24) is 0 Å². The Balaban J connectivity index is 2.14. The van der Waals surface area contributed by atoms with E-state index >= 15 is 0 Å². The molecule has 2 rings (SSSR count). The van der Waals surface area contributed by atoms with Crippen LogP contribution < -0.4 is 0 Å². The van der Waals surface area contributed by atoms with Gasteiger partial charge in [-0.25, -0.2) is 0 Å². The van der Waals surface area contributed by atoms with Gasteiger partial charge in [0.25, 0.3) is 0 Å². The van der Waals surface area contributed by atoms with Gasteiger partial charge in [0.2, 0.25) is 0 Å². The predicted octanol–water partition coefficient (Wildman–Crippen LogP) is 3.58. The van der Waals surface area contributed by atoms with Crippen LogP contribution >= 0.6 is 0 Å². The molecule has 2 aromatic carbocycles. The van der Waals surface area contributed by atoms with Gasteiger partial charge in [0, 0.05) is 5.56 Å². The molecule has 0 aromatic heterocycles. The number of hydrogen-bond donors (Lipinski definition) is 0. The zero-order valence-corrected chi connectivity index (χ0v) is 8.76. The second-order valence-electron chi connectivity index (χ2n) is 3.40. The Morgan fingerprint density at radius 3 is 2.50 bits per heavy atom. The van der Waals surface area contributed by atoms with Crippen LogP contribution in [-0.2, 0) is 0 Å². The minimum atomic E-state index is -0.0269. The van der Waals surface area contributed by atoms with Crippen molar-refractivity contribution in [3.05, 3.63) is 77.8 Å². The fourth-order valence-corrected chi connectivity index (χ4v) is 1.38. The Bertz CT molecular complexity index is 544. The van der Waals surface area contributed by atoms with E-state index in [0.717, 1.165) is 5.56 Å². The van der Waals surface area contributed by atoms with Crippen molar-refractivity contribution in [2.45, 2.75) is 0 Å². The van der Waals surface area contributed by atoms with Crippen molar-refractivity contribution in [2.75, 3.05) is 0 Å². The Morgan fingerprint density at radius 1 is 1.00 bits per heavy atom. The van der Waals surface area contributed by atoms with E-state index < -0.39 is 0 Å². The van der Waals surface area contributed by atoms with Crippen LogP contribution in [0.25, 0.3) is 6.08 Å². The number of carbonyl (C=O) groups excluding carboxylic acids is 1. The summed E-state index contributed by atoms with van der Waals surface area (Å²) in [6.45, 7) is 0. The van der Waals surface area contributed by atoms with E-state index in [1.54, 1.807) is 36.4 Å². The van der Waals surface area contributed by atoms with Crippen LogP contribution in [-0.4, -0.2) is 5.78 Å². The van der Waals surface area contributed by atoms with Crippen LogP contribution in [0.3, 0.4) is 0 Å². The number of carbonyl (C=O) groups is 1. The van der Waals surface area contributed by atoms with Gasteiger partial charge in [-0.15, -0.1) is 0 Å². The van der Waals surface area contributed by atoms with Gasteiger partial charge in [-0.1, -0.05) is 66.7 Å². The second kappa shape index (κ2) is 5.08. The van der Waals surface area contributed by atoms with Gasteiger partial charge >= 0.3 is 0 Å². The van der Waals surface area contributed by atoms with E-state index in [1.165, 1.54) is 6.08 Å². The number of ketones is 1. The molecule has 0 heterocycles. The number of rotatable bonds is 3. The lowest BCUT2D eigenvalue weighted by Gasteiger charge is -1.94. The lowest BCUT2D eigenvalue weighted by molar-refractivity contribution is 0.104. The molecule has 1 nitrogen and oxygen atoms in total. The van der Waals surface area contributed by atoms with E-state index in [9.17, 15) is 4.79 Å². The molecule has 0 radical (unpaired) electrons. The molecule has 0 fully saturated rings. The Morgan fingerprint density at radius 2 is 1.75 bits per heavy atom. The summed E-state index contributed by atoms with van der Waals surface area (Å²) < 4.78 is 7.47. The Labute approximate surface area is 96.5 Å². The molecule has 0 spiro atoms. The van der Waals surface area contributed by atoms with Gasteiger partial charge in [-0.3, -0.25) is 4.79 Å². The molecular weight excluding hydrogens is 196 g/mol. The highest BCUT2D eigenvalue weighted by Crippen LogP contribution is 2.05. The monoisotopic (exact) mass is 209 g/mol. The van der Waals surface area contributed by atoms with Gasteiger partial charge in [0.1, 0.15) is 0 Å². The highest BCUT2D eigenvalue weighted by Gasteiger charge is 1.98. The third-order valence-electron chi connectivity index (χ3n) is 2.22. The largest absolute Gasteiger partial charge is 0.289 e. The smallest absolute Gasteiger partial charge is 0.185 e. The zero-order valence-electron chi connectivity index (χ0n) is 9.76. The Hall–Kier alpha value is -2.15. The maximum absolute atomic E-state index is 11.8. The standard InChI is InChI=1S/C15H12O/c16-15(14-9-5-2-6-10-14)12-11-13-7-3-1-4-8-13/h1-12H/b12-11+/i3D. The molecule has 1 heteroatoms. The first-order valence-electron chi connectivity index (χ1n) is 5.60. The fourth-order valence-electron chi connectivity index (χ4n) is 1.38. The summed E-state index contributed by atoms with van der Waals surface area (Å²) in [6.07, 6.45) is 3.26. The van der Waals surface area contributed by atoms with Gasteiger partial charge in [0.05, 0.1) is 1.37 Å². The molecule has 16 heavy (non-hydrogen) atoms. The summed E-state index contributed by atoms with van der Waals surface area (Å²) >= 11 is 0. The van der Waals surface area contributed by atoms with Crippen LogP contribution in [0.5, 0.6) is 0 Å². The first-order chi connectivity index (χ1) is 8.25. The molecule has 0 aliphatic heterocycles. The molecule has 2 aromatic rings. The Kier molecular flexibility index (Phi) is 2.89. The summed E-state index contributed by atoms with van der Waals surface area (Å²) in [4.78, 5) is 11.8. The van der Waals surface area contributed by atoms with E-state index in [0.29, 0.717) is 11.6 Å². The van der Waals surface area contributed by atoms with Crippen molar-refractivity contribution in [2.24, 2.45) is 0 Å². The molecule has 0 bridgehead atoms. The first kappa shape index (κ1) is 9.10. The molecular formula is C15H12O. The summed E-state index contributed by atoms with van der Waals surface area (Å²) in [6, 6.07) is 16.7. The third-order valence-corrected chi connectivity index (χ3v) is 2.22. The van der Waals surface area contributed by atoms with Crippen molar-refractivity contribution in [3.8, 4) is 0 Å². The van der Waals surface area contributed by atoms with Crippen molar-refractivity contribution >= 4 is 11.9 Å². The molecule has 0 amide bonds. The van der Waals surface area contributed by atoms with E-state index in [1.807, 2.05) is 24.3 Å². The normalized spacial score (nSPS) is 11.4. The maximum Gasteiger partial charge on any atom is 0.185 e. The maximum atomic E-state index is 11.8. The fraction of sp³-hybridized carbons (Fsp3) is 0. The first-order valence-corrected chi connectivity index (χ1v) is 5.10. The lowest BCUT2D eigenvalue weighted by atomic mass is 10.1. The highest BCUT2D eigenvalue weighted by molar-refractivity contribution is 6.06. The summed E-state index contributed by atoms with van der Waals surface area (Å²) in [5.74, 6) is -0.0269. The number of allylic oxidation sites excluding steroid dienone is 1. The number of benzene rings is 2. The molecule has 0 N–H and O–H groups in total. The predicted molar refractivity (Wildman–Crippen MR) is 66.2 cm³/mol. The summed E-state index contributed by atoms with van der Waals surface area (Å²) in [5, 5.41) is 0. The van der Waals surface area contributed by atoms with Gasteiger partial charge < -0.3 is 0 Å². The van der Waals surface area contributed by atoms with E-state index in [-0.39, 0.29) is 5.78 Å². The third kappa shape index (κ3) is 2.67. The summed E-state index contributed by atoms with van der Waals surface area (Å²) in [7, 11) is 0. The molecule has 78 valence electrons. The molecule has 0 aliphatic rings. The SMILES string of the molecule is [2H]c1cccc(/C=C/C(=O)c2ccccc2)c1. The average molecular weight is 209 g/mol. The quantitative estimate of drug-likeness (QED) is 0.557. The minimum Gasteiger partial charge on any atom is -0.289 e. The second-order valence-corrected chi connectivity index (χ2v) is 3.40. The zero-order chi connectivity index (χ0) is 12.1. The van der Waals surface area contributed by atoms with Crippen LogP contribution in [0.1, 0.15) is 17.3 Å². The topological polar surface area (TPSA) is 17.1 Å². The molecule has 0 aliphatic carbocycles. The van der Waals surface area contributed by atoms with Crippen LogP contribution in [0.2, 0.25) is 0 Å². The molecule has 0 unspecified atom stereocenters. The van der Waals surface area contributed by atoms with Crippen molar-refractivity contribution < 1.29 is 6.17 Å². The van der Waals surface area contributed by atoms with E-state index in [2.05, 4.69) is 0 Å². The summed E-state index contributed by atoms with van der Waals surface area (Å²) in [5.41, 5.74) is 1.53. The van der Waals surface area contributed by atoms with Crippen LogP contribution in [0.4, 0.5) is 0 Å². The van der Waals surface area contributed by atoms with Gasteiger partial charge in [-0.05, 0) is 11.6 Å². The van der Waals surface area contributed by atoms with Crippen molar-refractivity contribution in [1.29, 1.82) is 0 Å². The number of hydrogen-bond acceptors (Lipinski definition) is 1. The van der Waals surface area contributed by atoms with Crippen molar-refractivity contribution in [3.63, 3.8) is 0 Å². The highest BCUT2D eigenvalue weighted by atomic mass is 16.1. The van der Waals surface area contributed by atoms with Crippen LogP contribution in [0, 0.1) is 0 Å². The molecule has 0 saturated heterocycles. The van der Waals surface area contributed by atoms with Gasteiger partial charge in [0.15, 0.2) is 5.78 Å². The average Bonchev–Trinajstić information content (AvgIpc) is 2.37. The minimum absolute atomic E-state index is 0.0269. The molecule has 0 saturated carbocycles. The lowest BCUT2D eigenvalue weighted by Crippen LogP contribution is -1.92. The van der Waals surface area contributed by atoms with Crippen LogP contribution in [0.15, 0.2) is 66.7 Å². The molecule has 0 atom stereocenters. The van der Waals surface area contributed by atoms with Gasteiger partial charge in [-0.2, -0.15) is 0 Å².